The van der Waals surface area contributed by atoms with Crippen molar-refractivity contribution in [2.45, 2.75) is 13.8 Å². The monoisotopic (exact) mass is 309 g/mol. The summed E-state index contributed by atoms with van der Waals surface area (Å²) in [5.41, 5.74) is 6.16. The number of halogens is 2. The van der Waals surface area contributed by atoms with Crippen LogP contribution >= 0.6 is 22.6 Å². The van der Waals surface area contributed by atoms with Gasteiger partial charge in [-0.1, -0.05) is 13.8 Å². The van der Waals surface area contributed by atoms with Crippen molar-refractivity contribution < 1.29 is 9.13 Å². The molecular formula is C10H13FINO. The van der Waals surface area contributed by atoms with E-state index in [0.717, 1.165) is 0 Å². The highest BCUT2D eigenvalue weighted by Crippen LogP contribution is 2.26. The zero-order valence-corrected chi connectivity index (χ0v) is 10.3. The van der Waals surface area contributed by atoms with Crippen molar-refractivity contribution in [1.29, 1.82) is 0 Å². The molecule has 0 aliphatic heterocycles. The van der Waals surface area contributed by atoms with Crippen LogP contribution in [0.2, 0.25) is 0 Å². The summed E-state index contributed by atoms with van der Waals surface area (Å²) in [6, 6.07) is 2.91. The predicted octanol–water partition coefficient (Wildman–Crippen LogP) is 3.05. The highest BCUT2D eigenvalue weighted by molar-refractivity contribution is 14.1. The lowest BCUT2D eigenvalue weighted by Crippen LogP contribution is -2.06. The number of nitrogens with two attached hydrogens (primary N) is 1. The Bertz CT molecular complexity index is 328. The van der Waals surface area contributed by atoms with E-state index in [2.05, 4.69) is 0 Å². The van der Waals surface area contributed by atoms with Gasteiger partial charge >= 0.3 is 0 Å². The normalized spacial score (nSPS) is 10.6. The third-order valence-electron chi connectivity index (χ3n) is 1.62. The van der Waals surface area contributed by atoms with E-state index in [1.165, 1.54) is 6.07 Å². The smallest absolute Gasteiger partial charge is 0.145 e. The van der Waals surface area contributed by atoms with Crippen LogP contribution in [-0.2, 0) is 0 Å². The van der Waals surface area contributed by atoms with Gasteiger partial charge in [0.2, 0.25) is 0 Å². The Labute approximate surface area is 96.8 Å². The van der Waals surface area contributed by atoms with Crippen molar-refractivity contribution in [1.82, 2.24) is 0 Å². The molecule has 0 aliphatic carbocycles. The summed E-state index contributed by atoms with van der Waals surface area (Å²) in [5.74, 6) is 0.534. The standard InChI is InChI=1S/C10H13FINO/c1-6(2)5-14-10-3-7(11)8(12)4-9(10)13/h3-4,6H,5,13H2,1-2H3. The predicted molar refractivity (Wildman–Crippen MR) is 63.9 cm³/mol. The molecule has 2 nitrogen and oxygen atoms in total. The van der Waals surface area contributed by atoms with Gasteiger partial charge in [0.1, 0.15) is 11.6 Å². The largest absolute Gasteiger partial charge is 0.491 e. The first-order valence-electron chi connectivity index (χ1n) is 4.38. The molecular weight excluding hydrogens is 296 g/mol. The van der Waals surface area contributed by atoms with Crippen LogP contribution in [-0.4, -0.2) is 6.61 Å². The third kappa shape index (κ3) is 3.01. The first kappa shape index (κ1) is 11.6. The fourth-order valence-electron chi connectivity index (χ4n) is 0.925. The number of benzene rings is 1. The topological polar surface area (TPSA) is 35.2 Å². The summed E-state index contributed by atoms with van der Waals surface area (Å²) >= 11 is 1.90. The molecule has 1 rings (SSSR count). The molecule has 2 N–H and O–H groups in total. The van der Waals surface area contributed by atoms with E-state index in [4.69, 9.17) is 10.5 Å². The summed E-state index contributed by atoms with van der Waals surface area (Å²) in [6.07, 6.45) is 0. The van der Waals surface area contributed by atoms with Gasteiger partial charge in [0, 0.05) is 6.07 Å². The summed E-state index contributed by atoms with van der Waals surface area (Å²) in [6.45, 7) is 4.60. The number of nitrogen functional groups attached to an aromatic ring is 1. The molecule has 0 saturated carbocycles. The Morgan fingerprint density at radius 2 is 2.14 bits per heavy atom. The maximum Gasteiger partial charge on any atom is 0.145 e. The van der Waals surface area contributed by atoms with Gasteiger partial charge in [0.05, 0.1) is 15.9 Å². The average molecular weight is 309 g/mol. The molecule has 1 aromatic carbocycles. The summed E-state index contributed by atoms with van der Waals surface area (Å²) in [4.78, 5) is 0. The van der Waals surface area contributed by atoms with Crippen LogP contribution in [0, 0.1) is 15.3 Å². The van der Waals surface area contributed by atoms with Gasteiger partial charge in [-0.15, -0.1) is 0 Å². The van der Waals surface area contributed by atoms with Crippen LogP contribution in [0.1, 0.15) is 13.8 Å². The maximum absolute atomic E-state index is 13.1. The molecule has 0 fully saturated rings. The lowest BCUT2D eigenvalue weighted by atomic mass is 10.2. The fourth-order valence-corrected chi connectivity index (χ4v) is 1.42. The highest BCUT2D eigenvalue weighted by atomic mass is 127. The van der Waals surface area contributed by atoms with Crippen molar-refractivity contribution in [3.05, 3.63) is 21.5 Å². The molecule has 0 heterocycles. The van der Waals surface area contributed by atoms with E-state index in [1.54, 1.807) is 6.07 Å². The minimum Gasteiger partial charge on any atom is -0.491 e. The first-order chi connectivity index (χ1) is 6.50. The highest BCUT2D eigenvalue weighted by Gasteiger charge is 2.07. The summed E-state index contributed by atoms with van der Waals surface area (Å²) < 4.78 is 19.0. The number of ether oxygens (including phenoxy) is 1. The van der Waals surface area contributed by atoms with E-state index in [9.17, 15) is 4.39 Å². The van der Waals surface area contributed by atoms with Crippen LogP contribution in [0.25, 0.3) is 0 Å². The molecule has 0 atom stereocenters. The molecule has 0 aromatic heterocycles. The molecule has 0 spiro atoms. The quantitative estimate of drug-likeness (QED) is 0.688. The van der Waals surface area contributed by atoms with Gasteiger partial charge in [0.15, 0.2) is 0 Å². The molecule has 0 bridgehead atoms. The second-order valence-corrected chi connectivity index (χ2v) is 4.67. The van der Waals surface area contributed by atoms with Crippen molar-refractivity contribution >= 4 is 28.3 Å². The summed E-state index contributed by atoms with van der Waals surface area (Å²) in [5, 5.41) is 0. The van der Waals surface area contributed by atoms with Gasteiger partial charge in [-0.2, -0.15) is 0 Å². The molecule has 0 aliphatic rings. The van der Waals surface area contributed by atoms with Gasteiger partial charge in [0.25, 0.3) is 0 Å². The van der Waals surface area contributed by atoms with E-state index in [0.29, 0.717) is 27.5 Å². The maximum atomic E-state index is 13.1. The van der Waals surface area contributed by atoms with Crippen molar-refractivity contribution in [3.63, 3.8) is 0 Å². The molecule has 4 heteroatoms. The first-order valence-corrected chi connectivity index (χ1v) is 5.46. The Balaban J connectivity index is 2.82. The van der Waals surface area contributed by atoms with Gasteiger partial charge in [-0.3, -0.25) is 0 Å². The van der Waals surface area contributed by atoms with Crippen molar-refractivity contribution in [2.24, 2.45) is 5.92 Å². The Hall–Kier alpha value is -0.520. The van der Waals surface area contributed by atoms with Gasteiger partial charge in [-0.05, 0) is 34.6 Å². The van der Waals surface area contributed by atoms with Crippen molar-refractivity contribution in [2.75, 3.05) is 12.3 Å². The lowest BCUT2D eigenvalue weighted by Gasteiger charge is -2.11. The zero-order chi connectivity index (χ0) is 10.7. The summed E-state index contributed by atoms with van der Waals surface area (Å²) in [7, 11) is 0. The van der Waals surface area contributed by atoms with Crippen LogP contribution in [0.15, 0.2) is 12.1 Å². The molecule has 0 radical (unpaired) electrons. The van der Waals surface area contributed by atoms with Gasteiger partial charge < -0.3 is 10.5 Å². The average Bonchev–Trinajstić information content (AvgIpc) is 2.09. The Kier molecular flexibility index (Phi) is 3.97. The molecule has 14 heavy (non-hydrogen) atoms. The van der Waals surface area contributed by atoms with E-state index < -0.39 is 0 Å². The second-order valence-electron chi connectivity index (χ2n) is 3.51. The second kappa shape index (κ2) is 4.82. The van der Waals surface area contributed by atoms with Crippen LogP contribution < -0.4 is 10.5 Å². The van der Waals surface area contributed by atoms with Gasteiger partial charge in [-0.25, -0.2) is 4.39 Å². The molecule has 0 unspecified atom stereocenters. The lowest BCUT2D eigenvalue weighted by molar-refractivity contribution is 0.271. The minimum atomic E-state index is -0.293. The number of anilines is 1. The third-order valence-corrected chi connectivity index (χ3v) is 2.45. The zero-order valence-electron chi connectivity index (χ0n) is 8.18. The molecule has 0 amide bonds. The van der Waals surface area contributed by atoms with Crippen LogP contribution in [0.5, 0.6) is 5.75 Å². The number of hydrogen-bond acceptors (Lipinski definition) is 2. The molecule has 0 saturated heterocycles. The van der Waals surface area contributed by atoms with E-state index in [-0.39, 0.29) is 5.82 Å². The minimum absolute atomic E-state index is 0.293. The van der Waals surface area contributed by atoms with E-state index in [1.807, 2.05) is 36.4 Å². The SMILES string of the molecule is CC(C)COc1cc(F)c(I)cc1N. The fraction of sp³-hybridized carbons (Fsp3) is 0.400. The Morgan fingerprint density at radius 1 is 1.50 bits per heavy atom. The molecule has 78 valence electrons. The number of hydrogen-bond donors (Lipinski definition) is 1. The Morgan fingerprint density at radius 3 is 2.71 bits per heavy atom. The number of rotatable bonds is 3. The van der Waals surface area contributed by atoms with Crippen LogP contribution in [0.4, 0.5) is 10.1 Å². The van der Waals surface area contributed by atoms with Crippen LogP contribution in [0.3, 0.4) is 0 Å². The van der Waals surface area contributed by atoms with E-state index >= 15 is 0 Å². The molecule has 1 aromatic rings. The van der Waals surface area contributed by atoms with Crippen molar-refractivity contribution in [3.8, 4) is 5.75 Å².